The van der Waals surface area contributed by atoms with Gasteiger partial charge in [-0.2, -0.15) is 0 Å². The molecule has 4 nitrogen and oxygen atoms in total. The fourth-order valence-corrected chi connectivity index (χ4v) is 2.08. The van der Waals surface area contributed by atoms with Crippen LogP contribution in [0.25, 0.3) is 6.08 Å². The van der Waals surface area contributed by atoms with E-state index < -0.39 is 11.9 Å². The predicted octanol–water partition coefficient (Wildman–Crippen LogP) is 5.01. The Morgan fingerprint density at radius 2 is 1.26 bits per heavy atom. The molecule has 0 unspecified atom stereocenters. The molecule has 0 bridgehead atoms. The molecule has 0 fully saturated rings. The number of rotatable bonds is 7. The smallest absolute Gasteiger partial charge is 0.339 e. The van der Waals surface area contributed by atoms with Crippen molar-refractivity contribution >= 4 is 18.0 Å². The highest BCUT2D eigenvalue weighted by Crippen LogP contribution is 2.12. The minimum Gasteiger partial charge on any atom is -0.458 e. The molecule has 0 aromatic heterocycles. The van der Waals surface area contributed by atoms with Crippen LogP contribution < -0.4 is 0 Å². The lowest BCUT2D eigenvalue weighted by molar-refractivity contribution is 0.0503. The molecular formula is C23H24O4. The number of esters is 2. The second-order valence-electron chi connectivity index (χ2n) is 5.38. The maximum absolute atomic E-state index is 11.7. The summed E-state index contributed by atoms with van der Waals surface area (Å²) in [4.78, 5) is 23.4. The Kier molecular flexibility index (Phi) is 9.65. The largest absolute Gasteiger partial charge is 0.458 e. The van der Waals surface area contributed by atoms with Gasteiger partial charge in [0.1, 0.15) is 13.2 Å². The third kappa shape index (κ3) is 7.16. The molecule has 2 aromatic carbocycles. The average molecular weight is 364 g/mol. The summed E-state index contributed by atoms with van der Waals surface area (Å²) >= 11 is 0. The summed E-state index contributed by atoms with van der Waals surface area (Å²) in [5.41, 5.74) is 2.85. The Hall–Kier alpha value is -3.40. The van der Waals surface area contributed by atoms with E-state index in [1.165, 1.54) is 35.4 Å². The molecule has 0 N–H and O–H groups in total. The first kappa shape index (κ1) is 21.6. The highest BCUT2D eigenvalue weighted by atomic mass is 16.5. The zero-order valence-electron chi connectivity index (χ0n) is 15.5. The predicted molar refractivity (Wildman–Crippen MR) is 109 cm³/mol. The van der Waals surface area contributed by atoms with Gasteiger partial charge < -0.3 is 9.47 Å². The molecule has 0 radical (unpaired) electrons. The second kappa shape index (κ2) is 12.0. The van der Waals surface area contributed by atoms with Crippen molar-refractivity contribution in [1.29, 1.82) is 0 Å². The molecule has 0 saturated heterocycles. The van der Waals surface area contributed by atoms with E-state index in [2.05, 4.69) is 38.8 Å². The molecule has 0 aliphatic rings. The Morgan fingerprint density at radius 1 is 0.815 bits per heavy atom. The third-order valence-electron chi connectivity index (χ3n) is 3.44. The van der Waals surface area contributed by atoms with Crippen LogP contribution in [0.5, 0.6) is 0 Å². The van der Waals surface area contributed by atoms with E-state index in [0.717, 1.165) is 0 Å². The molecule has 0 atom stereocenters. The first-order valence-corrected chi connectivity index (χ1v) is 8.38. The van der Waals surface area contributed by atoms with E-state index in [1.54, 1.807) is 12.1 Å². The van der Waals surface area contributed by atoms with Gasteiger partial charge in [0.2, 0.25) is 0 Å². The van der Waals surface area contributed by atoms with Gasteiger partial charge in [-0.3, -0.25) is 0 Å². The van der Waals surface area contributed by atoms with Gasteiger partial charge in [-0.15, -0.1) is 0 Å². The van der Waals surface area contributed by atoms with Gasteiger partial charge in [0, 0.05) is 0 Å². The lowest BCUT2D eigenvalue weighted by Gasteiger charge is -2.07. The summed E-state index contributed by atoms with van der Waals surface area (Å²) in [5.74, 6) is -1.16. The van der Waals surface area contributed by atoms with Crippen LogP contribution in [0.15, 0.2) is 80.4 Å². The normalized spacial score (nSPS) is 9.22. The van der Waals surface area contributed by atoms with Crippen molar-refractivity contribution in [2.24, 2.45) is 0 Å². The minimum atomic E-state index is -0.582. The third-order valence-corrected chi connectivity index (χ3v) is 3.44. The number of benzene rings is 2. The van der Waals surface area contributed by atoms with Gasteiger partial charge in [0.15, 0.2) is 0 Å². The maximum Gasteiger partial charge on any atom is 0.339 e. The molecule has 27 heavy (non-hydrogen) atoms. The van der Waals surface area contributed by atoms with Crippen molar-refractivity contribution in [3.05, 3.63) is 103 Å². The monoisotopic (exact) mass is 364 g/mol. The molecule has 0 spiro atoms. The van der Waals surface area contributed by atoms with Crippen LogP contribution in [0.4, 0.5) is 0 Å². The fourth-order valence-electron chi connectivity index (χ4n) is 2.08. The van der Waals surface area contributed by atoms with Crippen molar-refractivity contribution < 1.29 is 19.1 Å². The standard InChI is InChI=1S/C14H14O4.C9H10/c1-3-9-17-13(15)11-7-5-6-8-12(11)14(16)18-10-4-2;1-3-9-7-5-4-6-8(9)2/h3-8H,1-2,9-10H2;3-7H,1H2,2H3. The van der Waals surface area contributed by atoms with Crippen LogP contribution in [-0.2, 0) is 9.47 Å². The molecule has 2 aromatic rings. The molecule has 4 heteroatoms. The first-order chi connectivity index (χ1) is 13.0. The van der Waals surface area contributed by atoms with Gasteiger partial charge >= 0.3 is 11.9 Å². The van der Waals surface area contributed by atoms with E-state index in [9.17, 15) is 9.59 Å². The quantitative estimate of drug-likeness (QED) is 0.512. The van der Waals surface area contributed by atoms with Gasteiger partial charge in [-0.1, -0.05) is 74.4 Å². The first-order valence-electron chi connectivity index (χ1n) is 8.38. The van der Waals surface area contributed by atoms with Crippen molar-refractivity contribution in [3.8, 4) is 0 Å². The summed E-state index contributed by atoms with van der Waals surface area (Å²) in [6, 6.07) is 14.5. The summed E-state index contributed by atoms with van der Waals surface area (Å²) in [5, 5.41) is 0. The number of hydrogen-bond acceptors (Lipinski definition) is 4. The van der Waals surface area contributed by atoms with Crippen LogP contribution in [-0.4, -0.2) is 25.2 Å². The Labute approximate surface area is 160 Å². The van der Waals surface area contributed by atoms with Crippen LogP contribution >= 0.6 is 0 Å². The number of carbonyl (C=O) groups is 2. The molecule has 0 aliphatic carbocycles. The number of carbonyl (C=O) groups excluding carboxylic acids is 2. The lowest BCUT2D eigenvalue weighted by Crippen LogP contribution is -2.14. The number of aryl methyl sites for hydroxylation is 1. The maximum atomic E-state index is 11.7. The number of ether oxygens (including phenoxy) is 2. The van der Waals surface area contributed by atoms with Crippen LogP contribution in [0.2, 0.25) is 0 Å². The number of hydrogen-bond donors (Lipinski definition) is 0. The molecule has 0 heterocycles. The van der Waals surface area contributed by atoms with Crippen molar-refractivity contribution in [2.75, 3.05) is 13.2 Å². The van der Waals surface area contributed by atoms with Gasteiger partial charge in [0.25, 0.3) is 0 Å². The molecule has 0 amide bonds. The van der Waals surface area contributed by atoms with Gasteiger partial charge in [0.05, 0.1) is 11.1 Å². The fraction of sp³-hybridized carbons (Fsp3) is 0.130. The topological polar surface area (TPSA) is 52.6 Å². The molecule has 0 saturated carbocycles. The Morgan fingerprint density at radius 3 is 1.63 bits per heavy atom. The van der Waals surface area contributed by atoms with Crippen LogP contribution in [0, 0.1) is 6.92 Å². The average Bonchev–Trinajstić information content (AvgIpc) is 2.71. The highest BCUT2D eigenvalue weighted by Gasteiger charge is 2.18. The van der Waals surface area contributed by atoms with E-state index in [-0.39, 0.29) is 24.3 Å². The second-order valence-corrected chi connectivity index (χ2v) is 5.38. The Bertz CT molecular complexity index is 763. The minimum absolute atomic E-state index is 0.0921. The molecule has 140 valence electrons. The summed E-state index contributed by atoms with van der Waals surface area (Å²) in [6.45, 7) is 12.8. The summed E-state index contributed by atoms with van der Waals surface area (Å²) < 4.78 is 9.78. The lowest BCUT2D eigenvalue weighted by atomic mass is 10.1. The van der Waals surface area contributed by atoms with Crippen molar-refractivity contribution in [2.45, 2.75) is 6.92 Å². The summed E-state index contributed by atoms with van der Waals surface area (Å²) in [6.07, 6.45) is 4.78. The molecular weight excluding hydrogens is 340 g/mol. The van der Waals surface area contributed by atoms with Crippen LogP contribution in [0.3, 0.4) is 0 Å². The van der Waals surface area contributed by atoms with E-state index in [1.807, 2.05) is 18.2 Å². The molecule has 2 rings (SSSR count). The van der Waals surface area contributed by atoms with Crippen molar-refractivity contribution in [3.63, 3.8) is 0 Å². The highest BCUT2D eigenvalue weighted by molar-refractivity contribution is 6.03. The zero-order valence-corrected chi connectivity index (χ0v) is 15.5. The van der Waals surface area contributed by atoms with E-state index in [0.29, 0.717) is 0 Å². The molecule has 0 aliphatic heterocycles. The van der Waals surface area contributed by atoms with E-state index in [4.69, 9.17) is 9.47 Å². The Balaban J connectivity index is 0.000000337. The van der Waals surface area contributed by atoms with Crippen LogP contribution in [0.1, 0.15) is 31.8 Å². The SMILES string of the molecule is C=CCOC(=O)c1ccccc1C(=O)OCC=C.C=Cc1ccccc1C. The van der Waals surface area contributed by atoms with Gasteiger partial charge in [-0.25, -0.2) is 9.59 Å². The summed E-state index contributed by atoms with van der Waals surface area (Å²) in [7, 11) is 0. The zero-order chi connectivity index (χ0) is 20.1. The van der Waals surface area contributed by atoms with Crippen molar-refractivity contribution in [1.82, 2.24) is 0 Å². The van der Waals surface area contributed by atoms with E-state index >= 15 is 0 Å². The van der Waals surface area contributed by atoms with Gasteiger partial charge in [-0.05, 0) is 30.2 Å².